The van der Waals surface area contributed by atoms with Gasteiger partial charge in [0.25, 0.3) is 0 Å². The van der Waals surface area contributed by atoms with Gasteiger partial charge >= 0.3 is 0 Å². The average molecular weight is 204 g/mol. The molecule has 0 bridgehead atoms. The minimum absolute atomic E-state index is 0.109. The van der Waals surface area contributed by atoms with Crippen molar-refractivity contribution in [2.24, 2.45) is 5.92 Å². The summed E-state index contributed by atoms with van der Waals surface area (Å²) < 4.78 is 0. The maximum absolute atomic E-state index is 8.76. The molecule has 0 radical (unpaired) electrons. The van der Waals surface area contributed by atoms with Crippen LogP contribution in [0.4, 0.5) is 0 Å². The van der Waals surface area contributed by atoms with Gasteiger partial charge in [0.2, 0.25) is 0 Å². The molecule has 15 heavy (non-hydrogen) atoms. The van der Waals surface area contributed by atoms with E-state index in [0.29, 0.717) is 12.0 Å². The van der Waals surface area contributed by atoms with Gasteiger partial charge in [-0.15, -0.1) is 0 Å². The van der Waals surface area contributed by atoms with Crippen LogP contribution in [-0.2, 0) is 0 Å². The van der Waals surface area contributed by atoms with Crippen molar-refractivity contribution < 1.29 is 5.11 Å². The third-order valence-electron chi connectivity index (χ3n) is 2.67. The van der Waals surface area contributed by atoms with Gasteiger partial charge in [0, 0.05) is 12.5 Å². The van der Waals surface area contributed by atoms with E-state index in [2.05, 4.69) is 29.1 Å². The fourth-order valence-corrected chi connectivity index (χ4v) is 1.92. The van der Waals surface area contributed by atoms with Crippen LogP contribution in [0.15, 0.2) is 42.5 Å². The van der Waals surface area contributed by atoms with Crippen molar-refractivity contribution in [1.29, 1.82) is 0 Å². The number of aliphatic hydroxyl groups excluding tert-OH is 1. The molecule has 1 heterocycles. The summed E-state index contributed by atoms with van der Waals surface area (Å²) in [7, 11) is 0. The molecule has 1 aromatic rings. The van der Waals surface area contributed by atoms with E-state index in [0.717, 1.165) is 6.54 Å². The molecule has 80 valence electrons. The summed E-state index contributed by atoms with van der Waals surface area (Å²) in [6.45, 7) is 1.01. The molecule has 2 unspecified atom stereocenters. The third-order valence-corrected chi connectivity index (χ3v) is 2.67. The molecule has 3 heteroatoms. The van der Waals surface area contributed by atoms with E-state index in [1.165, 1.54) is 5.56 Å². The zero-order chi connectivity index (χ0) is 10.5. The van der Waals surface area contributed by atoms with Crippen LogP contribution in [0.3, 0.4) is 0 Å². The number of hydrazine groups is 1. The first kappa shape index (κ1) is 10.4. The second-order valence-electron chi connectivity index (χ2n) is 3.69. The van der Waals surface area contributed by atoms with Crippen LogP contribution < -0.4 is 10.9 Å². The van der Waals surface area contributed by atoms with Gasteiger partial charge in [-0.05, 0) is 5.56 Å². The molecule has 2 atom stereocenters. The monoisotopic (exact) mass is 204 g/mol. The van der Waals surface area contributed by atoms with Crippen LogP contribution in [0.5, 0.6) is 0 Å². The topological polar surface area (TPSA) is 44.3 Å². The molecular formula is C12H16N2O. The van der Waals surface area contributed by atoms with Crippen LogP contribution in [0.1, 0.15) is 11.6 Å². The number of aliphatic hydroxyl groups is 1. The average Bonchev–Trinajstić information content (AvgIpc) is 2.75. The van der Waals surface area contributed by atoms with Crippen LogP contribution in [-0.4, -0.2) is 18.3 Å². The Hall–Kier alpha value is -1.16. The van der Waals surface area contributed by atoms with Crippen molar-refractivity contribution in [3.8, 4) is 0 Å². The molecule has 0 saturated carbocycles. The van der Waals surface area contributed by atoms with E-state index in [1.807, 2.05) is 18.2 Å². The molecule has 0 aliphatic carbocycles. The number of hydrogen-bond donors (Lipinski definition) is 3. The van der Waals surface area contributed by atoms with Gasteiger partial charge in [0.15, 0.2) is 0 Å². The van der Waals surface area contributed by atoms with Gasteiger partial charge in [-0.1, -0.05) is 42.5 Å². The summed E-state index contributed by atoms with van der Waals surface area (Å²) in [5, 5.41) is 8.76. The van der Waals surface area contributed by atoms with Gasteiger partial charge in [0.05, 0.1) is 12.6 Å². The molecule has 0 amide bonds. The van der Waals surface area contributed by atoms with E-state index in [1.54, 1.807) is 6.08 Å². The van der Waals surface area contributed by atoms with Crippen molar-refractivity contribution in [2.75, 3.05) is 13.2 Å². The van der Waals surface area contributed by atoms with Crippen molar-refractivity contribution in [2.45, 2.75) is 6.04 Å². The molecule has 1 aliphatic heterocycles. The maximum Gasteiger partial charge on any atom is 0.0612 e. The van der Waals surface area contributed by atoms with Crippen LogP contribution >= 0.6 is 0 Å². The Morgan fingerprint density at radius 3 is 2.87 bits per heavy atom. The van der Waals surface area contributed by atoms with Crippen molar-refractivity contribution in [3.63, 3.8) is 0 Å². The number of hydrogen-bond acceptors (Lipinski definition) is 3. The Morgan fingerprint density at radius 2 is 2.13 bits per heavy atom. The standard InChI is InChI=1S/C12H16N2O/c15-8-4-7-11-9-13-14-12(11)10-5-2-1-3-6-10/h1-7,11-15H,8-9H2/b7-4+. The minimum Gasteiger partial charge on any atom is -0.392 e. The van der Waals surface area contributed by atoms with Crippen molar-refractivity contribution >= 4 is 0 Å². The lowest BCUT2D eigenvalue weighted by Gasteiger charge is -2.15. The Labute approximate surface area is 89.8 Å². The lowest BCUT2D eigenvalue weighted by atomic mass is 9.95. The van der Waals surface area contributed by atoms with Crippen LogP contribution in [0.25, 0.3) is 0 Å². The fraction of sp³-hybridized carbons (Fsp3) is 0.333. The summed E-state index contributed by atoms with van der Waals surface area (Å²) in [5.41, 5.74) is 7.67. The lowest BCUT2D eigenvalue weighted by molar-refractivity contribution is 0.341. The quantitative estimate of drug-likeness (QED) is 0.644. The Kier molecular flexibility index (Phi) is 3.50. The van der Waals surface area contributed by atoms with Gasteiger partial charge in [0.1, 0.15) is 0 Å². The van der Waals surface area contributed by atoms with Crippen molar-refractivity contribution in [1.82, 2.24) is 10.9 Å². The summed E-state index contributed by atoms with van der Waals surface area (Å²) in [6.07, 6.45) is 3.86. The summed E-state index contributed by atoms with van der Waals surface area (Å²) in [5.74, 6) is 0.402. The second-order valence-corrected chi connectivity index (χ2v) is 3.69. The fourth-order valence-electron chi connectivity index (χ4n) is 1.92. The van der Waals surface area contributed by atoms with E-state index in [9.17, 15) is 0 Å². The maximum atomic E-state index is 8.76. The van der Waals surface area contributed by atoms with Gasteiger partial charge in [-0.2, -0.15) is 0 Å². The number of rotatable bonds is 3. The summed E-state index contributed by atoms with van der Waals surface area (Å²) in [4.78, 5) is 0. The molecule has 3 nitrogen and oxygen atoms in total. The molecule has 2 rings (SSSR count). The Bertz CT molecular complexity index is 324. The van der Waals surface area contributed by atoms with E-state index in [4.69, 9.17) is 5.11 Å². The number of nitrogens with one attached hydrogen (secondary N) is 2. The highest BCUT2D eigenvalue weighted by Gasteiger charge is 2.25. The normalized spacial score (nSPS) is 26.2. The zero-order valence-corrected chi connectivity index (χ0v) is 8.56. The van der Waals surface area contributed by atoms with Gasteiger partial charge in [-0.3, -0.25) is 5.43 Å². The van der Waals surface area contributed by atoms with Gasteiger partial charge in [-0.25, -0.2) is 5.43 Å². The first-order chi connectivity index (χ1) is 7.42. The van der Waals surface area contributed by atoms with Crippen LogP contribution in [0.2, 0.25) is 0 Å². The predicted octanol–water partition coefficient (Wildman–Crippen LogP) is 1.00. The molecule has 3 N–H and O–H groups in total. The van der Waals surface area contributed by atoms with Crippen LogP contribution in [0, 0.1) is 5.92 Å². The lowest BCUT2D eigenvalue weighted by Crippen LogP contribution is -2.24. The highest BCUT2D eigenvalue weighted by molar-refractivity contribution is 5.22. The van der Waals surface area contributed by atoms with Crippen molar-refractivity contribution in [3.05, 3.63) is 48.0 Å². The first-order valence-corrected chi connectivity index (χ1v) is 5.22. The highest BCUT2D eigenvalue weighted by atomic mass is 16.2. The number of benzene rings is 1. The third kappa shape index (κ3) is 2.45. The zero-order valence-electron chi connectivity index (χ0n) is 8.56. The van der Waals surface area contributed by atoms with E-state index < -0.39 is 0 Å². The molecule has 1 saturated heterocycles. The molecule has 1 aliphatic rings. The Morgan fingerprint density at radius 1 is 1.33 bits per heavy atom. The van der Waals surface area contributed by atoms with E-state index >= 15 is 0 Å². The SMILES string of the molecule is OC/C=C/C1CNNC1c1ccccc1. The largest absolute Gasteiger partial charge is 0.392 e. The minimum atomic E-state index is 0.109. The predicted molar refractivity (Wildman–Crippen MR) is 60.0 cm³/mol. The van der Waals surface area contributed by atoms with E-state index in [-0.39, 0.29) is 6.61 Å². The molecule has 1 aromatic carbocycles. The summed E-state index contributed by atoms with van der Waals surface area (Å²) >= 11 is 0. The molecule has 0 aromatic heterocycles. The first-order valence-electron chi connectivity index (χ1n) is 5.22. The smallest absolute Gasteiger partial charge is 0.0612 e. The van der Waals surface area contributed by atoms with Gasteiger partial charge < -0.3 is 5.11 Å². The molecular weight excluding hydrogens is 188 g/mol. The highest BCUT2D eigenvalue weighted by Crippen LogP contribution is 2.25. The Balaban J connectivity index is 2.11. The second kappa shape index (κ2) is 5.07. The summed E-state index contributed by atoms with van der Waals surface area (Å²) in [6, 6.07) is 10.6. The molecule has 1 fully saturated rings. The molecule has 0 spiro atoms.